The molecule has 0 aliphatic rings. The van der Waals surface area contributed by atoms with Gasteiger partial charge in [-0.15, -0.1) is 11.3 Å². The Morgan fingerprint density at radius 2 is 2.05 bits per heavy atom. The van der Waals surface area contributed by atoms with Gasteiger partial charge in [0, 0.05) is 13.3 Å². The van der Waals surface area contributed by atoms with Crippen molar-refractivity contribution in [3.8, 4) is 5.75 Å². The van der Waals surface area contributed by atoms with Crippen molar-refractivity contribution in [1.29, 1.82) is 0 Å². The quantitative estimate of drug-likeness (QED) is 0.783. The van der Waals surface area contributed by atoms with Gasteiger partial charge in [-0.3, -0.25) is 4.79 Å². The first-order chi connectivity index (χ1) is 9.08. The molecule has 1 aromatic carbocycles. The van der Waals surface area contributed by atoms with Crippen LogP contribution in [0.2, 0.25) is 0 Å². The summed E-state index contributed by atoms with van der Waals surface area (Å²) in [5.74, 6) is 0.989. The molecule has 0 N–H and O–H groups in total. The summed E-state index contributed by atoms with van der Waals surface area (Å²) in [6.07, 6.45) is 0.729. The number of aromatic nitrogens is 1. The topological polar surface area (TPSA) is 39.2 Å². The summed E-state index contributed by atoms with van der Waals surface area (Å²) in [6.45, 7) is 6.05. The van der Waals surface area contributed by atoms with Gasteiger partial charge in [0.1, 0.15) is 5.75 Å². The summed E-state index contributed by atoms with van der Waals surface area (Å²) >= 11 is 1.47. The van der Waals surface area contributed by atoms with Crippen LogP contribution in [0.15, 0.2) is 24.3 Å². The maximum Gasteiger partial charge on any atom is 0.171 e. The lowest BCUT2D eigenvalue weighted by Crippen LogP contribution is -2.02. The molecule has 1 heterocycles. The molecule has 0 saturated heterocycles. The molecule has 100 valence electrons. The Morgan fingerprint density at radius 1 is 1.32 bits per heavy atom. The molecule has 0 spiro atoms. The Labute approximate surface area is 117 Å². The van der Waals surface area contributed by atoms with Gasteiger partial charge in [0.2, 0.25) is 0 Å². The van der Waals surface area contributed by atoms with Crippen molar-refractivity contribution in [3.05, 3.63) is 45.4 Å². The average molecular weight is 275 g/mol. The third-order valence-electron chi connectivity index (χ3n) is 2.83. The van der Waals surface area contributed by atoms with Gasteiger partial charge in [-0.1, -0.05) is 18.2 Å². The van der Waals surface area contributed by atoms with Crippen molar-refractivity contribution < 1.29 is 9.53 Å². The summed E-state index contributed by atoms with van der Waals surface area (Å²) in [7, 11) is 0. The van der Waals surface area contributed by atoms with Crippen LogP contribution >= 0.6 is 11.3 Å². The first kappa shape index (κ1) is 13.7. The molecular weight excluding hydrogens is 258 g/mol. The Hall–Kier alpha value is -1.68. The standard InChI is InChI=1S/C15H17NO2S/c1-10-6-4-5-7-13(10)18-9-8-14-16-11(2)15(19-14)12(3)17/h4-7H,8-9H2,1-3H3. The minimum Gasteiger partial charge on any atom is -0.493 e. The number of rotatable bonds is 5. The van der Waals surface area contributed by atoms with Crippen LogP contribution in [-0.4, -0.2) is 17.4 Å². The van der Waals surface area contributed by atoms with Crippen molar-refractivity contribution in [1.82, 2.24) is 4.98 Å². The second-order valence-electron chi connectivity index (χ2n) is 4.44. The number of ether oxygens (including phenoxy) is 1. The smallest absolute Gasteiger partial charge is 0.171 e. The van der Waals surface area contributed by atoms with Gasteiger partial charge in [0.25, 0.3) is 0 Å². The van der Waals surface area contributed by atoms with Crippen molar-refractivity contribution in [2.45, 2.75) is 27.2 Å². The summed E-state index contributed by atoms with van der Waals surface area (Å²) in [4.78, 5) is 16.5. The lowest BCUT2D eigenvalue weighted by atomic mass is 10.2. The molecule has 0 unspecified atom stereocenters. The molecule has 0 radical (unpaired) electrons. The second-order valence-corrected chi connectivity index (χ2v) is 5.53. The Balaban J connectivity index is 1.95. The van der Waals surface area contributed by atoms with Gasteiger partial charge < -0.3 is 4.74 Å². The van der Waals surface area contributed by atoms with Crippen LogP contribution in [0, 0.1) is 13.8 Å². The summed E-state index contributed by atoms with van der Waals surface area (Å²) in [5, 5.41) is 0.955. The van der Waals surface area contributed by atoms with Crippen LogP contribution < -0.4 is 4.74 Å². The summed E-state index contributed by atoms with van der Waals surface area (Å²) in [6, 6.07) is 7.94. The maximum atomic E-state index is 11.4. The number of hydrogen-bond donors (Lipinski definition) is 0. The van der Waals surface area contributed by atoms with E-state index in [1.165, 1.54) is 11.3 Å². The predicted octanol–water partition coefficient (Wildman–Crippen LogP) is 3.58. The highest BCUT2D eigenvalue weighted by Gasteiger charge is 2.11. The predicted molar refractivity (Wildman–Crippen MR) is 77.2 cm³/mol. The number of benzene rings is 1. The number of aryl methyl sites for hydroxylation is 2. The normalized spacial score (nSPS) is 10.5. The molecule has 0 aliphatic heterocycles. The molecular formula is C15H17NO2S. The number of thiazole rings is 1. The van der Waals surface area contributed by atoms with Crippen molar-refractivity contribution >= 4 is 17.1 Å². The molecule has 0 aliphatic carbocycles. The average Bonchev–Trinajstić information content (AvgIpc) is 2.73. The number of hydrogen-bond acceptors (Lipinski definition) is 4. The number of Topliss-reactive ketones (excluding diaryl/α,β-unsaturated/α-hetero) is 1. The lowest BCUT2D eigenvalue weighted by Gasteiger charge is -2.07. The molecule has 0 bridgehead atoms. The van der Waals surface area contributed by atoms with E-state index in [0.717, 1.165) is 33.3 Å². The van der Waals surface area contributed by atoms with E-state index in [0.29, 0.717) is 6.61 Å². The van der Waals surface area contributed by atoms with E-state index in [-0.39, 0.29) is 5.78 Å². The van der Waals surface area contributed by atoms with Gasteiger partial charge in [0.05, 0.1) is 22.2 Å². The van der Waals surface area contributed by atoms with Crippen LogP contribution in [0.5, 0.6) is 5.75 Å². The molecule has 0 amide bonds. The van der Waals surface area contributed by atoms with Gasteiger partial charge in [-0.05, 0) is 25.5 Å². The van der Waals surface area contributed by atoms with Gasteiger partial charge in [-0.25, -0.2) is 4.98 Å². The highest BCUT2D eigenvalue weighted by atomic mass is 32.1. The third kappa shape index (κ3) is 3.41. The van der Waals surface area contributed by atoms with E-state index in [1.807, 2.05) is 38.1 Å². The molecule has 3 nitrogen and oxygen atoms in total. The fourth-order valence-electron chi connectivity index (χ4n) is 1.85. The number of para-hydroxylation sites is 1. The second kappa shape index (κ2) is 5.97. The van der Waals surface area contributed by atoms with Crippen LogP contribution in [0.25, 0.3) is 0 Å². The van der Waals surface area contributed by atoms with E-state index in [4.69, 9.17) is 4.74 Å². The van der Waals surface area contributed by atoms with Crippen LogP contribution in [0.4, 0.5) is 0 Å². The SMILES string of the molecule is CC(=O)c1sc(CCOc2ccccc2C)nc1C. The van der Waals surface area contributed by atoms with Crippen LogP contribution in [0.1, 0.15) is 32.9 Å². The van der Waals surface area contributed by atoms with Gasteiger partial charge in [0.15, 0.2) is 5.78 Å². The largest absolute Gasteiger partial charge is 0.493 e. The first-order valence-electron chi connectivity index (χ1n) is 6.23. The summed E-state index contributed by atoms with van der Waals surface area (Å²) in [5.41, 5.74) is 1.95. The first-order valence-corrected chi connectivity index (χ1v) is 7.05. The molecule has 4 heteroatoms. The van der Waals surface area contributed by atoms with E-state index in [2.05, 4.69) is 4.98 Å². The van der Waals surface area contributed by atoms with Crippen LogP contribution in [-0.2, 0) is 6.42 Å². The maximum absolute atomic E-state index is 11.4. The Bertz CT molecular complexity index is 590. The number of ketones is 1. The van der Waals surface area contributed by atoms with E-state index < -0.39 is 0 Å². The number of carbonyl (C=O) groups excluding carboxylic acids is 1. The van der Waals surface area contributed by atoms with E-state index >= 15 is 0 Å². The third-order valence-corrected chi connectivity index (χ3v) is 4.15. The molecule has 0 saturated carbocycles. The zero-order chi connectivity index (χ0) is 13.8. The van der Waals surface area contributed by atoms with Crippen LogP contribution in [0.3, 0.4) is 0 Å². The van der Waals surface area contributed by atoms with Crippen molar-refractivity contribution in [2.24, 2.45) is 0 Å². The van der Waals surface area contributed by atoms with E-state index in [9.17, 15) is 4.79 Å². The summed E-state index contributed by atoms with van der Waals surface area (Å²) < 4.78 is 5.73. The van der Waals surface area contributed by atoms with E-state index in [1.54, 1.807) is 6.92 Å². The highest BCUT2D eigenvalue weighted by molar-refractivity contribution is 7.13. The van der Waals surface area contributed by atoms with Crippen molar-refractivity contribution in [3.63, 3.8) is 0 Å². The monoisotopic (exact) mass is 275 g/mol. The fraction of sp³-hybridized carbons (Fsp3) is 0.333. The van der Waals surface area contributed by atoms with Gasteiger partial charge in [-0.2, -0.15) is 0 Å². The zero-order valence-electron chi connectivity index (χ0n) is 11.4. The van der Waals surface area contributed by atoms with Crippen molar-refractivity contribution in [2.75, 3.05) is 6.61 Å². The molecule has 2 rings (SSSR count). The Kier molecular flexibility index (Phi) is 4.32. The molecule has 0 atom stereocenters. The van der Waals surface area contributed by atoms with Gasteiger partial charge >= 0.3 is 0 Å². The minimum absolute atomic E-state index is 0.0843. The molecule has 19 heavy (non-hydrogen) atoms. The number of carbonyl (C=O) groups is 1. The highest BCUT2D eigenvalue weighted by Crippen LogP contribution is 2.20. The molecule has 1 aromatic heterocycles. The zero-order valence-corrected chi connectivity index (χ0v) is 12.2. The molecule has 0 fully saturated rings. The number of nitrogens with zero attached hydrogens (tertiary/aromatic N) is 1. The minimum atomic E-state index is 0.0843. The fourth-order valence-corrected chi connectivity index (χ4v) is 2.79. The lowest BCUT2D eigenvalue weighted by molar-refractivity contribution is 0.102. The Morgan fingerprint density at radius 3 is 2.68 bits per heavy atom. The molecule has 2 aromatic rings.